The van der Waals surface area contributed by atoms with Crippen molar-refractivity contribution < 1.29 is 46.3 Å². The molecule has 0 aliphatic carbocycles. The van der Waals surface area contributed by atoms with Crippen LogP contribution >= 0.6 is 0 Å². The van der Waals surface area contributed by atoms with Gasteiger partial charge in [0.1, 0.15) is 0 Å². The molecule has 2 radical (unpaired) electrons. The van der Waals surface area contributed by atoms with Gasteiger partial charge in [0.2, 0.25) is 0 Å². The third-order valence-electron chi connectivity index (χ3n) is 1.17. The Morgan fingerprint density at radius 1 is 1.42 bits per heavy atom. The number of hydrogen-bond donors (Lipinski definition) is 1. The smallest absolute Gasteiger partial charge is 0 e. The predicted molar refractivity (Wildman–Crippen MR) is 34.4 cm³/mol. The zero-order valence-corrected chi connectivity index (χ0v) is 11.3. The molecule has 0 saturated heterocycles. The molecule has 0 unspecified atom stereocenters. The van der Waals surface area contributed by atoms with Crippen molar-refractivity contribution >= 4 is 11.9 Å². The Bertz CT molecular complexity index is 278. The summed E-state index contributed by atoms with van der Waals surface area (Å²) < 4.78 is 1.59. The van der Waals surface area contributed by atoms with Crippen molar-refractivity contribution in [3.8, 4) is 0 Å². The van der Waals surface area contributed by atoms with E-state index < -0.39 is 0 Å². The van der Waals surface area contributed by atoms with Gasteiger partial charge in [0.25, 0.3) is 0 Å². The van der Waals surface area contributed by atoms with Crippen molar-refractivity contribution in [2.45, 2.75) is 0 Å². The summed E-state index contributed by atoms with van der Waals surface area (Å²) in [6.07, 6.45) is 9.12. The van der Waals surface area contributed by atoms with Crippen molar-refractivity contribution in [2.75, 3.05) is 0 Å². The quantitative estimate of drug-likeness (QED) is 0.380. The number of rotatable bonds is 1. The average molecular weight is 506 g/mol. The van der Waals surface area contributed by atoms with Crippen LogP contribution < -0.4 is 5.43 Å². The fourth-order valence-corrected chi connectivity index (χ4v) is 0.733. The van der Waals surface area contributed by atoms with Crippen molar-refractivity contribution in [3.63, 3.8) is 0 Å². The standard InChI is InChI=1S/C6H5N4.2Re/c1-2-9-10(3-1)6-4-7-8-5-6;;/h1-2,4H,8H2;;/q-1;;. The second-order valence-electron chi connectivity index (χ2n) is 1.81. The Hall–Kier alpha value is -0.0953. The molecule has 4 nitrogen and oxygen atoms in total. The summed E-state index contributed by atoms with van der Waals surface area (Å²) in [5.41, 5.74) is 2.43. The van der Waals surface area contributed by atoms with E-state index in [4.69, 9.17) is 0 Å². The molecule has 12 heavy (non-hydrogen) atoms. The molecule has 0 fully saturated rings. The van der Waals surface area contributed by atoms with Crippen LogP contribution in [0, 0.1) is 12.4 Å². The first-order chi connectivity index (χ1) is 4.97. The van der Waals surface area contributed by atoms with Gasteiger partial charge in [-0.15, -0.1) is 11.8 Å². The van der Waals surface area contributed by atoms with Gasteiger partial charge >= 0.3 is 0 Å². The van der Waals surface area contributed by atoms with Crippen LogP contribution in [0.25, 0.3) is 5.70 Å². The summed E-state index contributed by atoms with van der Waals surface area (Å²) in [5, 5.41) is 7.79. The van der Waals surface area contributed by atoms with Gasteiger partial charge in [0.15, 0.2) is 0 Å². The Labute approximate surface area is 97.4 Å². The van der Waals surface area contributed by atoms with E-state index in [0.717, 1.165) is 5.70 Å². The molecular formula is C6H5N4Re2-. The Morgan fingerprint density at radius 2 is 2.25 bits per heavy atom. The minimum Gasteiger partial charge on any atom is -0.389 e. The average Bonchev–Trinajstić information content (AvgIpc) is 2.59. The predicted octanol–water partition coefficient (Wildman–Crippen LogP) is -1.16. The maximum atomic E-state index is 3.95. The van der Waals surface area contributed by atoms with Crippen molar-refractivity contribution in [3.05, 3.63) is 24.7 Å². The third-order valence-corrected chi connectivity index (χ3v) is 1.17. The molecule has 0 amide bonds. The van der Waals surface area contributed by atoms with E-state index in [1.807, 2.05) is 0 Å². The van der Waals surface area contributed by atoms with Gasteiger partial charge < -0.3 is 4.68 Å². The second-order valence-corrected chi connectivity index (χ2v) is 1.81. The fraction of sp³-hybridized carbons (Fsp3) is 0. The van der Waals surface area contributed by atoms with Crippen LogP contribution in [-0.2, 0) is 40.8 Å². The summed E-state index contributed by atoms with van der Waals surface area (Å²) in [4.78, 5) is 0. The molecule has 2 rings (SSSR count). The summed E-state index contributed by atoms with van der Waals surface area (Å²) in [7, 11) is 0. The van der Waals surface area contributed by atoms with E-state index in [0.29, 0.717) is 0 Å². The van der Waals surface area contributed by atoms with Crippen LogP contribution in [-0.4, -0.2) is 16.0 Å². The first-order valence-corrected chi connectivity index (χ1v) is 2.87. The van der Waals surface area contributed by atoms with Gasteiger partial charge in [-0.05, 0) is 0 Å². The molecule has 0 atom stereocenters. The minimum absolute atomic E-state index is 0. The third kappa shape index (κ3) is 2.45. The van der Waals surface area contributed by atoms with Crippen LogP contribution in [0.3, 0.4) is 0 Å². The molecule has 1 aromatic rings. The van der Waals surface area contributed by atoms with Crippen molar-refractivity contribution in [1.82, 2.24) is 9.78 Å². The van der Waals surface area contributed by atoms with E-state index in [-0.39, 0.29) is 40.8 Å². The number of nitrogens with two attached hydrogens (primary N) is 1. The van der Waals surface area contributed by atoms with Gasteiger partial charge in [0, 0.05) is 40.8 Å². The molecule has 6 heteroatoms. The van der Waals surface area contributed by atoms with Crippen LogP contribution in [0.15, 0.2) is 17.4 Å². The summed E-state index contributed by atoms with van der Waals surface area (Å²) in [6, 6.07) is 1.74. The van der Waals surface area contributed by atoms with Gasteiger partial charge in [-0.1, -0.05) is 24.8 Å². The zero-order valence-electron chi connectivity index (χ0n) is 5.91. The van der Waals surface area contributed by atoms with Crippen LogP contribution in [0.4, 0.5) is 0 Å². The number of hydrogen-bond acceptors (Lipinski definition) is 2. The molecule has 2 heterocycles. The van der Waals surface area contributed by atoms with E-state index in [1.165, 1.54) is 0 Å². The fourth-order valence-electron chi connectivity index (χ4n) is 0.733. The molecule has 1 aliphatic heterocycles. The molecule has 1 aliphatic rings. The molecule has 0 saturated carbocycles. The van der Waals surface area contributed by atoms with Gasteiger partial charge in [-0.2, -0.15) is 0 Å². The number of quaternary nitrogens is 1. The maximum absolute atomic E-state index is 3.95. The zero-order chi connectivity index (χ0) is 6.81. The monoisotopic (exact) mass is 507 g/mol. The number of aromatic nitrogens is 2. The van der Waals surface area contributed by atoms with Crippen LogP contribution in [0.1, 0.15) is 0 Å². The molecule has 0 bridgehead atoms. The Morgan fingerprint density at radius 3 is 2.75 bits per heavy atom. The maximum Gasteiger partial charge on any atom is 0 e. The minimum atomic E-state index is 0. The largest absolute Gasteiger partial charge is 0.389 e. The van der Waals surface area contributed by atoms with E-state index in [2.05, 4.69) is 22.6 Å². The summed E-state index contributed by atoms with van der Waals surface area (Å²) in [6.45, 7) is 0. The van der Waals surface area contributed by atoms with Crippen LogP contribution in [0.5, 0.6) is 0 Å². The first kappa shape index (κ1) is 11.9. The van der Waals surface area contributed by atoms with E-state index in [9.17, 15) is 0 Å². The van der Waals surface area contributed by atoms with Gasteiger partial charge in [0.05, 0.1) is 0 Å². The molecular weight excluding hydrogens is 501 g/mol. The SMILES string of the molecule is [C-]1=C(n2[c-]ccn2)C=N[NH2+]1.[Re].[Re]. The number of nitrogens with zero attached hydrogens (tertiary/aromatic N) is 3. The Balaban J connectivity index is 0.000000605. The Kier molecular flexibility index (Phi) is 5.49. The number of allylic oxidation sites excluding steroid dienone is 1. The topological polar surface area (TPSA) is 46.8 Å². The van der Waals surface area contributed by atoms with Crippen molar-refractivity contribution in [2.24, 2.45) is 5.10 Å². The molecule has 0 aromatic carbocycles. The van der Waals surface area contributed by atoms with Gasteiger partial charge in [-0.3, -0.25) is 10.5 Å². The molecule has 64 valence electrons. The van der Waals surface area contributed by atoms with E-state index in [1.54, 1.807) is 28.6 Å². The second kappa shape index (κ2) is 5.53. The summed E-state index contributed by atoms with van der Waals surface area (Å²) >= 11 is 0. The molecule has 0 spiro atoms. The van der Waals surface area contributed by atoms with Crippen molar-refractivity contribution in [1.29, 1.82) is 0 Å². The van der Waals surface area contributed by atoms with E-state index >= 15 is 0 Å². The van der Waals surface area contributed by atoms with Gasteiger partial charge in [-0.25, -0.2) is 5.10 Å². The molecule has 1 aromatic heterocycles. The van der Waals surface area contributed by atoms with Crippen LogP contribution in [0.2, 0.25) is 0 Å². The molecule has 2 N–H and O–H groups in total. The normalized spacial score (nSPS) is 13.2. The first-order valence-electron chi connectivity index (χ1n) is 2.87. The summed E-state index contributed by atoms with van der Waals surface area (Å²) in [5.74, 6) is 0.